The van der Waals surface area contributed by atoms with E-state index in [0.717, 1.165) is 18.4 Å². The number of carbonyl (C=O) groups excluding carboxylic acids is 1. The van der Waals surface area contributed by atoms with Gasteiger partial charge in [-0.05, 0) is 43.5 Å². The van der Waals surface area contributed by atoms with Crippen LogP contribution in [0.5, 0.6) is 0 Å². The zero-order valence-corrected chi connectivity index (χ0v) is 16.0. The van der Waals surface area contributed by atoms with Crippen LogP contribution in [0.25, 0.3) is 0 Å². The highest BCUT2D eigenvalue weighted by Crippen LogP contribution is 2.33. The van der Waals surface area contributed by atoms with Gasteiger partial charge in [-0.2, -0.15) is 4.72 Å². The van der Waals surface area contributed by atoms with Gasteiger partial charge in [0.1, 0.15) is 0 Å². The highest BCUT2D eigenvalue weighted by Gasteiger charge is 2.31. The van der Waals surface area contributed by atoms with Gasteiger partial charge in [0.2, 0.25) is 10.0 Å². The number of benzene rings is 2. The molecule has 2 aromatic carbocycles. The largest absolute Gasteiger partial charge is 0.332 e. The molecule has 0 saturated carbocycles. The Hall–Kier alpha value is -2.62. The Morgan fingerprint density at radius 2 is 2.00 bits per heavy atom. The molecule has 1 aliphatic rings. The summed E-state index contributed by atoms with van der Waals surface area (Å²) in [6.45, 7) is 2.59. The van der Waals surface area contributed by atoms with Crippen LogP contribution in [0.3, 0.4) is 0 Å². The second-order valence-electron chi connectivity index (χ2n) is 6.62. The number of nitrogens with one attached hydrogen (secondary N) is 1. The van der Waals surface area contributed by atoms with Gasteiger partial charge < -0.3 is 4.90 Å². The standard InChI is InChI=1S/C21H22N2O3S/c1-3-13-22-27(25,26)19-7-4-6-18(15-19)21(24)23-14-5-8-20(23)17-11-9-16(2)10-12-17/h1,4,6-7,9-12,15,20,22H,5,8,13-14H2,2H3. The predicted molar refractivity (Wildman–Crippen MR) is 105 cm³/mol. The fraction of sp³-hybridized carbons (Fsp3) is 0.286. The number of amides is 1. The second kappa shape index (κ2) is 7.95. The van der Waals surface area contributed by atoms with Gasteiger partial charge in [-0.25, -0.2) is 8.42 Å². The van der Waals surface area contributed by atoms with Gasteiger partial charge >= 0.3 is 0 Å². The van der Waals surface area contributed by atoms with Crippen LogP contribution in [-0.4, -0.2) is 32.3 Å². The summed E-state index contributed by atoms with van der Waals surface area (Å²) in [6.07, 6.45) is 6.94. The van der Waals surface area contributed by atoms with E-state index in [2.05, 4.69) is 22.8 Å². The molecule has 0 radical (unpaired) electrons. The van der Waals surface area contributed by atoms with Crippen molar-refractivity contribution in [1.82, 2.24) is 9.62 Å². The maximum absolute atomic E-state index is 13.1. The SMILES string of the molecule is C#CCNS(=O)(=O)c1cccc(C(=O)N2CCCC2c2ccc(C)cc2)c1. The summed E-state index contributed by atoms with van der Waals surface area (Å²) in [6, 6.07) is 14.3. The molecule has 1 aliphatic heterocycles. The number of likely N-dealkylation sites (tertiary alicyclic amines) is 1. The van der Waals surface area contributed by atoms with Crippen molar-refractivity contribution in [3.8, 4) is 12.3 Å². The molecule has 3 rings (SSSR count). The summed E-state index contributed by atoms with van der Waals surface area (Å²) in [4.78, 5) is 14.9. The minimum absolute atomic E-state index is 0.0120. The van der Waals surface area contributed by atoms with Crippen LogP contribution in [-0.2, 0) is 10.0 Å². The number of rotatable bonds is 5. The minimum Gasteiger partial charge on any atom is -0.332 e. The smallest absolute Gasteiger partial charge is 0.254 e. The van der Waals surface area contributed by atoms with Crippen LogP contribution < -0.4 is 4.72 Å². The van der Waals surface area contributed by atoms with E-state index in [9.17, 15) is 13.2 Å². The third-order valence-electron chi connectivity index (χ3n) is 4.73. The molecule has 0 bridgehead atoms. The lowest BCUT2D eigenvalue weighted by atomic mass is 10.0. The molecule has 2 aromatic rings. The van der Waals surface area contributed by atoms with Gasteiger partial charge in [-0.3, -0.25) is 4.79 Å². The molecule has 0 aromatic heterocycles. The van der Waals surface area contributed by atoms with Crippen molar-refractivity contribution in [3.05, 3.63) is 65.2 Å². The molecular formula is C21H22N2O3S. The number of sulfonamides is 1. The van der Waals surface area contributed by atoms with E-state index in [0.29, 0.717) is 12.1 Å². The molecular weight excluding hydrogens is 360 g/mol. The van der Waals surface area contributed by atoms with Gasteiger partial charge in [0.15, 0.2) is 0 Å². The zero-order chi connectivity index (χ0) is 19.4. The molecule has 1 heterocycles. The van der Waals surface area contributed by atoms with Crippen LogP contribution in [0.15, 0.2) is 53.4 Å². The molecule has 0 spiro atoms. The highest BCUT2D eigenvalue weighted by atomic mass is 32.2. The Morgan fingerprint density at radius 3 is 2.70 bits per heavy atom. The third kappa shape index (κ3) is 4.21. The topological polar surface area (TPSA) is 66.5 Å². The van der Waals surface area contributed by atoms with Gasteiger partial charge in [-0.1, -0.05) is 41.8 Å². The van der Waals surface area contributed by atoms with Gasteiger partial charge in [0.25, 0.3) is 5.91 Å². The molecule has 1 amide bonds. The predicted octanol–water partition coefficient (Wildman–Crippen LogP) is 2.88. The summed E-state index contributed by atoms with van der Waals surface area (Å²) >= 11 is 0. The molecule has 1 saturated heterocycles. The quantitative estimate of drug-likeness (QED) is 0.809. The average Bonchev–Trinajstić information content (AvgIpc) is 3.16. The van der Waals surface area contributed by atoms with Crippen LogP contribution in [0.2, 0.25) is 0 Å². The summed E-state index contributed by atoms with van der Waals surface area (Å²) in [5.74, 6) is 2.08. The first-order valence-corrected chi connectivity index (χ1v) is 10.3. The Morgan fingerprint density at radius 1 is 1.26 bits per heavy atom. The molecule has 1 unspecified atom stereocenters. The van der Waals surface area contributed by atoms with Gasteiger partial charge in [-0.15, -0.1) is 6.42 Å². The van der Waals surface area contributed by atoms with E-state index < -0.39 is 10.0 Å². The lowest BCUT2D eigenvalue weighted by Gasteiger charge is -2.25. The lowest BCUT2D eigenvalue weighted by Crippen LogP contribution is -2.31. The molecule has 1 atom stereocenters. The van der Waals surface area contributed by atoms with Crippen molar-refractivity contribution in [2.75, 3.05) is 13.1 Å². The molecule has 1 fully saturated rings. The van der Waals surface area contributed by atoms with E-state index >= 15 is 0 Å². The summed E-state index contributed by atoms with van der Waals surface area (Å²) in [5.41, 5.74) is 2.63. The first-order valence-electron chi connectivity index (χ1n) is 8.83. The molecule has 6 heteroatoms. The Labute approximate surface area is 160 Å². The molecule has 5 nitrogen and oxygen atoms in total. The molecule has 0 aliphatic carbocycles. The monoisotopic (exact) mass is 382 g/mol. The number of nitrogens with zero attached hydrogens (tertiary/aromatic N) is 1. The normalized spacial score (nSPS) is 16.9. The maximum atomic E-state index is 13.1. The molecule has 1 N–H and O–H groups in total. The van der Waals surface area contributed by atoms with Crippen molar-refractivity contribution < 1.29 is 13.2 Å². The zero-order valence-electron chi connectivity index (χ0n) is 15.2. The van der Waals surface area contributed by atoms with Gasteiger partial charge in [0.05, 0.1) is 17.5 Å². The Balaban J connectivity index is 1.86. The first kappa shape index (κ1) is 19.2. The average molecular weight is 382 g/mol. The van der Waals surface area contributed by atoms with Crippen LogP contribution >= 0.6 is 0 Å². The van der Waals surface area contributed by atoms with E-state index in [-0.39, 0.29) is 23.4 Å². The molecule has 27 heavy (non-hydrogen) atoms. The van der Waals surface area contributed by atoms with Crippen LogP contribution in [0, 0.1) is 19.3 Å². The van der Waals surface area contributed by atoms with E-state index in [1.165, 1.54) is 17.7 Å². The number of hydrogen-bond acceptors (Lipinski definition) is 3. The van der Waals surface area contributed by atoms with Crippen molar-refractivity contribution in [2.24, 2.45) is 0 Å². The number of terminal acetylenes is 1. The second-order valence-corrected chi connectivity index (χ2v) is 8.39. The van der Waals surface area contributed by atoms with Gasteiger partial charge in [0, 0.05) is 12.1 Å². The fourth-order valence-electron chi connectivity index (χ4n) is 3.33. The van der Waals surface area contributed by atoms with Crippen molar-refractivity contribution in [3.63, 3.8) is 0 Å². The lowest BCUT2D eigenvalue weighted by molar-refractivity contribution is 0.0735. The Kier molecular flexibility index (Phi) is 5.64. The van der Waals surface area contributed by atoms with Crippen molar-refractivity contribution in [1.29, 1.82) is 0 Å². The molecule has 140 valence electrons. The number of carbonyl (C=O) groups is 1. The van der Waals surface area contributed by atoms with Crippen LogP contribution in [0.4, 0.5) is 0 Å². The first-order chi connectivity index (χ1) is 12.9. The number of aryl methyl sites for hydroxylation is 1. The van der Waals surface area contributed by atoms with E-state index in [4.69, 9.17) is 6.42 Å². The van der Waals surface area contributed by atoms with Crippen molar-refractivity contribution >= 4 is 15.9 Å². The van der Waals surface area contributed by atoms with E-state index in [1.807, 2.05) is 24.0 Å². The summed E-state index contributed by atoms with van der Waals surface area (Å²) in [7, 11) is -3.74. The fourth-order valence-corrected chi connectivity index (χ4v) is 4.31. The number of hydrogen-bond donors (Lipinski definition) is 1. The third-order valence-corrected chi connectivity index (χ3v) is 6.13. The van der Waals surface area contributed by atoms with E-state index in [1.54, 1.807) is 12.1 Å². The summed E-state index contributed by atoms with van der Waals surface area (Å²) < 4.78 is 26.9. The maximum Gasteiger partial charge on any atom is 0.254 e. The van der Waals surface area contributed by atoms with Crippen LogP contribution in [0.1, 0.15) is 40.4 Å². The highest BCUT2D eigenvalue weighted by molar-refractivity contribution is 7.89. The Bertz CT molecular complexity index is 975. The summed E-state index contributed by atoms with van der Waals surface area (Å²) in [5, 5.41) is 0. The minimum atomic E-state index is -3.74. The van der Waals surface area contributed by atoms with Crippen molar-refractivity contribution in [2.45, 2.75) is 30.7 Å².